The maximum atomic E-state index is 12.5. The van der Waals surface area contributed by atoms with Gasteiger partial charge in [-0.25, -0.2) is 0 Å². The van der Waals surface area contributed by atoms with Crippen LogP contribution in [0, 0.1) is 0 Å². The van der Waals surface area contributed by atoms with Crippen LogP contribution in [0.1, 0.15) is 29.8 Å². The zero-order valence-corrected chi connectivity index (χ0v) is 11.5. The van der Waals surface area contributed by atoms with Gasteiger partial charge in [0.1, 0.15) is 0 Å². The minimum Gasteiger partial charge on any atom is -0.493 e. The van der Waals surface area contributed by atoms with E-state index in [2.05, 4.69) is 0 Å². The summed E-state index contributed by atoms with van der Waals surface area (Å²) in [5.41, 5.74) is 1.24. The third-order valence-electron chi connectivity index (χ3n) is 3.77. The number of benzene rings is 1. The van der Waals surface area contributed by atoms with E-state index in [-0.39, 0.29) is 5.78 Å². The van der Waals surface area contributed by atoms with Crippen LogP contribution in [0.15, 0.2) is 12.1 Å². The Hall–Kier alpha value is -1.55. The van der Waals surface area contributed by atoms with Crippen molar-refractivity contribution in [3.63, 3.8) is 0 Å². The lowest BCUT2D eigenvalue weighted by Crippen LogP contribution is -2.51. The second-order valence-corrected chi connectivity index (χ2v) is 5.11. The molecule has 0 atom stereocenters. The Kier molecular flexibility index (Phi) is 3.07. The number of carbonyl (C=O) groups is 1. The van der Waals surface area contributed by atoms with Crippen LogP contribution in [0.2, 0.25) is 0 Å². The Morgan fingerprint density at radius 3 is 2.28 bits per heavy atom. The van der Waals surface area contributed by atoms with Crippen LogP contribution in [-0.4, -0.2) is 37.5 Å². The van der Waals surface area contributed by atoms with Crippen LogP contribution >= 0.6 is 0 Å². The molecule has 4 heteroatoms. The number of fused-ring (bicyclic) bond motifs is 1. The lowest BCUT2D eigenvalue weighted by Gasteiger charge is -2.39. The normalized spacial score (nSPS) is 18.4. The molecular weight excluding hydrogens is 230 g/mol. The third kappa shape index (κ3) is 1.77. The van der Waals surface area contributed by atoms with Gasteiger partial charge in [0.15, 0.2) is 17.3 Å². The minimum atomic E-state index is -0.480. The van der Waals surface area contributed by atoms with Crippen LogP contribution in [0.4, 0.5) is 0 Å². The molecule has 98 valence electrons. The molecule has 0 aromatic heterocycles. The quantitative estimate of drug-likeness (QED) is 0.804. The Morgan fingerprint density at radius 1 is 1.17 bits per heavy atom. The molecule has 1 heterocycles. The zero-order chi connectivity index (χ0) is 13.5. The van der Waals surface area contributed by atoms with E-state index in [9.17, 15) is 4.79 Å². The van der Waals surface area contributed by atoms with Gasteiger partial charge in [0.05, 0.1) is 19.8 Å². The van der Waals surface area contributed by atoms with E-state index in [4.69, 9.17) is 9.47 Å². The van der Waals surface area contributed by atoms with E-state index in [0.717, 1.165) is 17.7 Å². The van der Waals surface area contributed by atoms with E-state index >= 15 is 0 Å². The number of hydrogen-bond donors (Lipinski definition) is 0. The summed E-state index contributed by atoms with van der Waals surface area (Å²) in [7, 11) is 5.13. The molecule has 0 saturated heterocycles. The molecular formula is C14H19NO3. The van der Waals surface area contributed by atoms with E-state index < -0.39 is 5.54 Å². The van der Waals surface area contributed by atoms with Gasteiger partial charge in [-0.3, -0.25) is 9.69 Å². The maximum absolute atomic E-state index is 12.5. The monoisotopic (exact) mass is 249 g/mol. The summed E-state index contributed by atoms with van der Waals surface area (Å²) in [4.78, 5) is 14.5. The highest BCUT2D eigenvalue weighted by Crippen LogP contribution is 2.36. The molecule has 1 aliphatic rings. The zero-order valence-electron chi connectivity index (χ0n) is 11.5. The number of Topliss-reactive ketones (excluding diaryl/α,β-unsaturated/α-hetero) is 1. The van der Waals surface area contributed by atoms with Crippen molar-refractivity contribution < 1.29 is 14.3 Å². The van der Waals surface area contributed by atoms with Gasteiger partial charge in [-0.15, -0.1) is 0 Å². The molecule has 1 aromatic carbocycles. The highest BCUT2D eigenvalue weighted by atomic mass is 16.5. The average Bonchev–Trinajstić information content (AvgIpc) is 2.35. The van der Waals surface area contributed by atoms with Crippen molar-refractivity contribution in [2.24, 2.45) is 0 Å². The molecule has 2 rings (SSSR count). The first kappa shape index (κ1) is 12.9. The number of ketones is 1. The SMILES string of the molecule is COc1cc2c(cc1OC)C(=O)C(C)(C)N(C)C2. The number of ether oxygens (including phenoxy) is 2. The number of likely N-dealkylation sites (N-methyl/N-ethyl adjacent to an activating group) is 1. The second-order valence-electron chi connectivity index (χ2n) is 5.11. The molecule has 0 amide bonds. The molecule has 0 unspecified atom stereocenters. The fourth-order valence-corrected chi connectivity index (χ4v) is 2.22. The molecule has 0 aliphatic carbocycles. The Balaban J connectivity index is 2.58. The van der Waals surface area contributed by atoms with Crippen molar-refractivity contribution in [2.75, 3.05) is 21.3 Å². The highest BCUT2D eigenvalue weighted by molar-refractivity contribution is 6.05. The van der Waals surface area contributed by atoms with Gasteiger partial charge < -0.3 is 9.47 Å². The number of rotatable bonds is 2. The second kappa shape index (κ2) is 4.28. The summed E-state index contributed by atoms with van der Waals surface area (Å²) in [6, 6.07) is 3.67. The first-order valence-corrected chi connectivity index (χ1v) is 5.92. The van der Waals surface area contributed by atoms with Gasteiger partial charge >= 0.3 is 0 Å². The standard InChI is InChI=1S/C14H19NO3/c1-14(2)13(16)10-7-12(18-5)11(17-4)6-9(10)8-15(14)3/h6-7H,8H2,1-5H3. The first-order valence-electron chi connectivity index (χ1n) is 5.92. The van der Waals surface area contributed by atoms with Gasteiger partial charge in [-0.1, -0.05) is 0 Å². The smallest absolute Gasteiger partial charge is 0.182 e. The van der Waals surface area contributed by atoms with Crippen LogP contribution in [-0.2, 0) is 6.54 Å². The Bertz CT molecular complexity index is 494. The topological polar surface area (TPSA) is 38.8 Å². The van der Waals surface area contributed by atoms with Gasteiger partial charge in [0.25, 0.3) is 0 Å². The summed E-state index contributed by atoms with van der Waals surface area (Å²) in [6.07, 6.45) is 0. The molecule has 18 heavy (non-hydrogen) atoms. The fraction of sp³-hybridized carbons (Fsp3) is 0.500. The molecule has 4 nitrogen and oxygen atoms in total. The lowest BCUT2D eigenvalue weighted by atomic mass is 9.84. The van der Waals surface area contributed by atoms with Crippen LogP contribution in [0.5, 0.6) is 11.5 Å². The summed E-state index contributed by atoms with van der Waals surface area (Å²) in [5.74, 6) is 1.38. The van der Waals surface area contributed by atoms with Crippen molar-refractivity contribution in [2.45, 2.75) is 25.9 Å². The number of carbonyl (C=O) groups excluding carboxylic acids is 1. The van der Waals surface area contributed by atoms with E-state index in [1.807, 2.05) is 31.9 Å². The van der Waals surface area contributed by atoms with E-state index in [1.165, 1.54) is 0 Å². The molecule has 0 spiro atoms. The molecule has 0 fully saturated rings. The third-order valence-corrected chi connectivity index (χ3v) is 3.77. The summed E-state index contributed by atoms with van der Waals surface area (Å²) in [6.45, 7) is 4.61. The molecule has 0 N–H and O–H groups in total. The molecule has 0 radical (unpaired) electrons. The van der Waals surface area contributed by atoms with Crippen molar-refractivity contribution in [3.05, 3.63) is 23.3 Å². The average molecular weight is 249 g/mol. The maximum Gasteiger partial charge on any atom is 0.182 e. The van der Waals surface area contributed by atoms with Crippen molar-refractivity contribution in [3.8, 4) is 11.5 Å². The van der Waals surface area contributed by atoms with Crippen LogP contribution in [0.3, 0.4) is 0 Å². The van der Waals surface area contributed by atoms with Gasteiger partial charge in [0, 0.05) is 12.1 Å². The van der Waals surface area contributed by atoms with E-state index in [1.54, 1.807) is 20.3 Å². The van der Waals surface area contributed by atoms with Gasteiger partial charge in [-0.05, 0) is 38.6 Å². The first-order chi connectivity index (χ1) is 8.41. The molecule has 1 aromatic rings. The highest BCUT2D eigenvalue weighted by Gasteiger charge is 2.39. The predicted octanol–water partition coefficient (Wildman–Crippen LogP) is 2.11. The summed E-state index contributed by atoms with van der Waals surface area (Å²) in [5, 5.41) is 0. The lowest BCUT2D eigenvalue weighted by molar-refractivity contribution is 0.0647. The fourth-order valence-electron chi connectivity index (χ4n) is 2.22. The Labute approximate surface area is 107 Å². The van der Waals surface area contributed by atoms with Crippen molar-refractivity contribution >= 4 is 5.78 Å². The summed E-state index contributed by atoms with van der Waals surface area (Å²) >= 11 is 0. The molecule has 0 bridgehead atoms. The van der Waals surface area contributed by atoms with Crippen LogP contribution in [0.25, 0.3) is 0 Å². The Morgan fingerprint density at radius 2 is 1.72 bits per heavy atom. The van der Waals surface area contributed by atoms with E-state index in [0.29, 0.717) is 11.5 Å². The van der Waals surface area contributed by atoms with Crippen molar-refractivity contribution in [1.29, 1.82) is 0 Å². The van der Waals surface area contributed by atoms with Crippen molar-refractivity contribution in [1.82, 2.24) is 4.90 Å². The summed E-state index contributed by atoms with van der Waals surface area (Å²) < 4.78 is 10.5. The minimum absolute atomic E-state index is 0.118. The molecule has 1 aliphatic heterocycles. The molecule has 0 saturated carbocycles. The number of hydrogen-bond acceptors (Lipinski definition) is 4. The largest absolute Gasteiger partial charge is 0.493 e. The van der Waals surface area contributed by atoms with Gasteiger partial charge in [0.2, 0.25) is 0 Å². The predicted molar refractivity (Wildman–Crippen MR) is 69.4 cm³/mol. The number of methoxy groups -OCH3 is 2. The van der Waals surface area contributed by atoms with Crippen LogP contribution < -0.4 is 9.47 Å². The van der Waals surface area contributed by atoms with Gasteiger partial charge in [-0.2, -0.15) is 0 Å². The number of nitrogens with zero attached hydrogens (tertiary/aromatic N) is 1.